The highest BCUT2D eigenvalue weighted by atomic mass is 32.2. The maximum Gasteiger partial charge on any atom is 0.264 e. The number of methoxy groups -OCH3 is 1. The molecule has 0 heterocycles. The third-order valence-corrected chi connectivity index (χ3v) is 6.55. The predicted molar refractivity (Wildman–Crippen MR) is 123 cm³/mol. The highest BCUT2D eigenvalue weighted by Crippen LogP contribution is 2.27. The van der Waals surface area contributed by atoms with E-state index in [0.717, 1.165) is 5.69 Å². The number of sulfonamides is 1. The van der Waals surface area contributed by atoms with Crippen molar-refractivity contribution in [2.75, 3.05) is 42.3 Å². The summed E-state index contributed by atoms with van der Waals surface area (Å²) >= 11 is 0. The zero-order valence-corrected chi connectivity index (χ0v) is 18.5. The molecule has 1 N–H and O–H groups in total. The Morgan fingerprint density at radius 1 is 0.935 bits per heavy atom. The van der Waals surface area contributed by atoms with Crippen molar-refractivity contribution in [1.29, 1.82) is 0 Å². The zero-order valence-electron chi connectivity index (χ0n) is 17.6. The van der Waals surface area contributed by atoms with Gasteiger partial charge in [0.25, 0.3) is 10.0 Å². The minimum Gasteiger partial charge on any atom is -0.495 e. The van der Waals surface area contributed by atoms with Gasteiger partial charge in [-0.2, -0.15) is 0 Å². The molecule has 0 atom stereocenters. The molecule has 3 aromatic rings. The molecule has 0 radical (unpaired) electrons. The quantitative estimate of drug-likeness (QED) is 0.580. The third kappa shape index (κ3) is 5.16. The average Bonchev–Trinajstić information content (AvgIpc) is 2.79. The number of benzene rings is 3. The van der Waals surface area contributed by atoms with Gasteiger partial charge in [0.1, 0.15) is 5.75 Å². The highest BCUT2D eigenvalue weighted by molar-refractivity contribution is 7.92. The van der Waals surface area contributed by atoms with Crippen LogP contribution in [0.2, 0.25) is 0 Å². The standard InChI is InChI=1S/C23H25N3O4S/c1-25(21-14-7-8-15-22(21)30-3)17-23(27)24-18-10-9-13-20(16-18)31(28,29)26(2)19-11-5-4-6-12-19/h4-16H,17H2,1-3H3,(H,24,27). The van der Waals surface area contributed by atoms with Gasteiger partial charge in [-0.15, -0.1) is 0 Å². The first kappa shape index (κ1) is 22.2. The second-order valence-electron chi connectivity index (χ2n) is 6.91. The largest absolute Gasteiger partial charge is 0.495 e. The van der Waals surface area contributed by atoms with Crippen molar-refractivity contribution in [3.05, 3.63) is 78.9 Å². The summed E-state index contributed by atoms with van der Waals surface area (Å²) in [5.74, 6) is 0.384. The Hall–Kier alpha value is -3.52. The van der Waals surface area contributed by atoms with Crippen LogP contribution >= 0.6 is 0 Å². The van der Waals surface area contributed by atoms with E-state index in [9.17, 15) is 13.2 Å². The smallest absolute Gasteiger partial charge is 0.264 e. The molecule has 3 rings (SSSR count). The first-order valence-electron chi connectivity index (χ1n) is 9.61. The first-order chi connectivity index (χ1) is 14.8. The lowest BCUT2D eigenvalue weighted by Gasteiger charge is -2.21. The van der Waals surface area contributed by atoms with E-state index in [2.05, 4.69) is 5.32 Å². The summed E-state index contributed by atoms with van der Waals surface area (Å²) in [5.41, 5.74) is 1.73. The average molecular weight is 440 g/mol. The SMILES string of the molecule is COc1ccccc1N(C)CC(=O)Nc1cccc(S(=O)(=O)N(C)c2ccccc2)c1. The second-order valence-corrected chi connectivity index (χ2v) is 8.88. The Morgan fingerprint density at radius 3 is 2.32 bits per heavy atom. The van der Waals surface area contributed by atoms with Crippen molar-refractivity contribution < 1.29 is 17.9 Å². The number of anilines is 3. The molecule has 0 fully saturated rings. The number of para-hydroxylation sites is 3. The molecule has 0 aliphatic carbocycles. The molecule has 0 aliphatic rings. The number of likely N-dealkylation sites (N-methyl/N-ethyl adjacent to an activating group) is 1. The predicted octanol–water partition coefficient (Wildman–Crippen LogP) is 3.60. The van der Waals surface area contributed by atoms with Crippen molar-refractivity contribution in [2.24, 2.45) is 0 Å². The van der Waals surface area contributed by atoms with Gasteiger partial charge in [-0.1, -0.05) is 36.4 Å². The summed E-state index contributed by atoms with van der Waals surface area (Å²) in [5, 5.41) is 2.77. The summed E-state index contributed by atoms with van der Waals surface area (Å²) in [6.07, 6.45) is 0. The number of rotatable bonds is 8. The van der Waals surface area contributed by atoms with Crippen LogP contribution < -0.4 is 19.3 Å². The van der Waals surface area contributed by atoms with E-state index in [0.29, 0.717) is 17.1 Å². The van der Waals surface area contributed by atoms with Crippen LogP contribution in [0.5, 0.6) is 5.75 Å². The lowest BCUT2D eigenvalue weighted by molar-refractivity contribution is -0.114. The normalized spacial score (nSPS) is 10.9. The Labute approximate surface area is 182 Å². The van der Waals surface area contributed by atoms with Crippen LogP contribution in [0.25, 0.3) is 0 Å². The molecule has 0 unspecified atom stereocenters. The topological polar surface area (TPSA) is 79.0 Å². The Morgan fingerprint density at radius 2 is 1.61 bits per heavy atom. The fraction of sp³-hybridized carbons (Fsp3) is 0.174. The minimum atomic E-state index is -3.77. The molecular weight excluding hydrogens is 414 g/mol. The molecule has 0 aromatic heterocycles. The Bertz CT molecular complexity index is 1150. The summed E-state index contributed by atoms with van der Waals surface area (Å²) in [6.45, 7) is 0.0707. The summed E-state index contributed by atoms with van der Waals surface area (Å²) in [4.78, 5) is 14.4. The number of carbonyl (C=O) groups excluding carboxylic acids is 1. The van der Waals surface area contributed by atoms with Crippen molar-refractivity contribution in [2.45, 2.75) is 4.90 Å². The number of hydrogen-bond acceptors (Lipinski definition) is 5. The van der Waals surface area contributed by atoms with Gasteiger partial charge in [-0.25, -0.2) is 8.42 Å². The Balaban J connectivity index is 1.73. The van der Waals surface area contributed by atoms with E-state index in [4.69, 9.17) is 4.74 Å². The summed E-state index contributed by atoms with van der Waals surface area (Å²) in [7, 11) is 1.09. The van der Waals surface area contributed by atoms with Crippen LogP contribution in [0.4, 0.5) is 17.1 Å². The van der Waals surface area contributed by atoms with E-state index in [1.54, 1.807) is 55.5 Å². The number of amides is 1. The van der Waals surface area contributed by atoms with Gasteiger partial charge in [0.05, 0.1) is 29.9 Å². The Kier molecular flexibility index (Phi) is 6.81. The second kappa shape index (κ2) is 9.53. The maximum absolute atomic E-state index is 13.0. The van der Waals surface area contributed by atoms with Crippen molar-refractivity contribution in [1.82, 2.24) is 0 Å². The van der Waals surface area contributed by atoms with E-state index >= 15 is 0 Å². The molecule has 31 heavy (non-hydrogen) atoms. The lowest BCUT2D eigenvalue weighted by atomic mass is 10.2. The minimum absolute atomic E-state index is 0.0707. The van der Waals surface area contributed by atoms with Gasteiger partial charge in [-0.3, -0.25) is 9.10 Å². The van der Waals surface area contributed by atoms with E-state index in [1.165, 1.54) is 23.5 Å². The lowest BCUT2D eigenvalue weighted by Crippen LogP contribution is -2.30. The van der Waals surface area contributed by atoms with E-state index < -0.39 is 10.0 Å². The molecule has 162 valence electrons. The van der Waals surface area contributed by atoms with Crippen LogP contribution in [-0.4, -0.2) is 42.1 Å². The molecule has 3 aromatic carbocycles. The molecule has 0 aliphatic heterocycles. The van der Waals surface area contributed by atoms with Gasteiger partial charge < -0.3 is 15.0 Å². The van der Waals surface area contributed by atoms with Crippen LogP contribution in [0, 0.1) is 0 Å². The molecule has 8 heteroatoms. The van der Waals surface area contributed by atoms with E-state index in [1.807, 2.05) is 30.3 Å². The van der Waals surface area contributed by atoms with Gasteiger partial charge in [0.2, 0.25) is 5.91 Å². The fourth-order valence-corrected chi connectivity index (χ4v) is 4.36. The number of nitrogens with one attached hydrogen (secondary N) is 1. The van der Waals surface area contributed by atoms with Crippen molar-refractivity contribution in [3.8, 4) is 5.75 Å². The number of ether oxygens (including phenoxy) is 1. The molecular formula is C23H25N3O4S. The van der Waals surface area contributed by atoms with Crippen LogP contribution in [-0.2, 0) is 14.8 Å². The van der Waals surface area contributed by atoms with Crippen LogP contribution in [0.3, 0.4) is 0 Å². The number of carbonyl (C=O) groups is 1. The van der Waals surface area contributed by atoms with Gasteiger partial charge in [0.15, 0.2) is 0 Å². The molecule has 0 bridgehead atoms. The van der Waals surface area contributed by atoms with Gasteiger partial charge in [-0.05, 0) is 42.5 Å². The number of hydrogen-bond donors (Lipinski definition) is 1. The molecule has 1 amide bonds. The highest BCUT2D eigenvalue weighted by Gasteiger charge is 2.22. The zero-order chi connectivity index (χ0) is 22.4. The maximum atomic E-state index is 13.0. The van der Waals surface area contributed by atoms with E-state index in [-0.39, 0.29) is 17.3 Å². The van der Waals surface area contributed by atoms with Crippen LogP contribution in [0.1, 0.15) is 0 Å². The molecule has 0 spiro atoms. The molecule has 7 nitrogen and oxygen atoms in total. The molecule has 0 saturated heterocycles. The van der Waals surface area contributed by atoms with Gasteiger partial charge >= 0.3 is 0 Å². The third-order valence-electron chi connectivity index (χ3n) is 4.77. The molecule has 0 saturated carbocycles. The van der Waals surface area contributed by atoms with Gasteiger partial charge in [0, 0.05) is 19.8 Å². The monoisotopic (exact) mass is 439 g/mol. The first-order valence-corrected chi connectivity index (χ1v) is 11.0. The van der Waals surface area contributed by atoms with Crippen molar-refractivity contribution >= 4 is 33.0 Å². The number of nitrogens with zero attached hydrogens (tertiary/aromatic N) is 2. The fourth-order valence-electron chi connectivity index (χ4n) is 3.12. The summed E-state index contributed by atoms with van der Waals surface area (Å²) < 4.78 is 32.5. The van der Waals surface area contributed by atoms with Crippen LogP contribution in [0.15, 0.2) is 83.8 Å². The summed E-state index contributed by atoms with van der Waals surface area (Å²) in [6, 6.07) is 22.4. The van der Waals surface area contributed by atoms with Crippen molar-refractivity contribution in [3.63, 3.8) is 0 Å².